The summed E-state index contributed by atoms with van der Waals surface area (Å²) in [6.45, 7) is 4.85. The van der Waals surface area contributed by atoms with Gasteiger partial charge in [0, 0.05) is 36.2 Å². The molecule has 2 aromatic heterocycles. The summed E-state index contributed by atoms with van der Waals surface area (Å²) in [5.74, 6) is -0.265. The second-order valence-electron chi connectivity index (χ2n) is 6.80. The van der Waals surface area contributed by atoms with Crippen LogP contribution in [0, 0.1) is 12.7 Å². The minimum Gasteiger partial charge on any atom is -0.306 e. The molecule has 0 aliphatic carbocycles. The zero-order valence-electron chi connectivity index (χ0n) is 15.9. The Morgan fingerprint density at radius 3 is 2.57 bits per heavy atom. The molecule has 28 heavy (non-hydrogen) atoms. The van der Waals surface area contributed by atoms with Gasteiger partial charge in [-0.3, -0.25) is 0 Å². The van der Waals surface area contributed by atoms with Gasteiger partial charge in [0.1, 0.15) is 5.82 Å². The molecule has 0 amide bonds. The van der Waals surface area contributed by atoms with Crippen molar-refractivity contribution in [2.75, 3.05) is 0 Å². The van der Waals surface area contributed by atoms with Crippen LogP contribution in [0.15, 0.2) is 73.2 Å². The van der Waals surface area contributed by atoms with Gasteiger partial charge >= 0.3 is 0 Å². The Balaban J connectivity index is 1.43. The first kappa shape index (κ1) is 18.1. The number of nitrogens with one attached hydrogen (secondary N) is 1. The van der Waals surface area contributed by atoms with E-state index in [1.165, 1.54) is 17.7 Å². The molecule has 4 aromatic rings. The van der Waals surface area contributed by atoms with Crippen molar-refractivity contribution in [3.63, 3.8) is 0 Å². The monoisotopic (exact) mass is 375 g/mol. The molecule has 0 saturated carbocycles. The van der Waals surface area contributed by atoms with Crippen LogP contribution in [-0.4, -0.2) is 19.6 Å². The van der Waals surface area contributed by atoms with Crippen molar-refractivity contribution >= 4 is 0 Å². The Morgan fingerprint density at radius 1 is 1.04 bits per heavy atom. The number of benzene rings is 2. The molecule has 0 spiro atoms. The minimum atomic E-state index is -0.265. The van der Waals surface area contributed by atoms with E-state index in [0.717, 1.165) is 29.2 Å². The Bertz CT molecular complexity index is 1050. The minimum absolute atomic E-state index is 0.119. The van der Waals surface area contributed by atoms with Crippen molar-refractivity contribution in [1.29, 1.82) is 0 Å². The van der Waals surface area contributed by atoms with Crippen LogP contribution in [-0.2, 0) is 6.54 Å². The highest BCUT2D eigenvalue weighted by molar-refractivity contribution is 5.36. The molecular weight excluding hydrogens is 353 g/mol. The Kier molecular flexibility index (Phi) is 5.04. The maximum atomic E-state index is 13.5. The van der Waals surface area contributed by atoms with Gasteiger partial charge in [0.2, 0.25) is 0 Å². The average molecular weight is 375 g/mol. The molecule has 6 heteroatoms. The third-order valence-electron chi connectivity index (χ3n) is 4.88. The van der Waals surface area contributed by atoms with Crippen molar-refractivity contribution in [3.05, 3.63) is 95.8 Å². The molecule has 142 valence electrons. The average Bonchev–Trinajstić information content (AvgIpc) is 3.36. The Labute approximate surface area is 163 Å². The molecule has 4 rings (SSSR count). The van der Waals surface area contributed by atoms with E-state index < -0.39 is 0 Å². The summed E-state index contributed by atoms with van der Waals surface area (Å²) in [5, 5.41) is 12.2. The van der Waals surface area contributed by atoms with Crippen molar-refractivity contribution in [2.45, 2.75) is 26.4 Å². The summed E-state index contributed by atoms with van der Waals surface area (Å²) in [4.78, 5) is 0. The summed E-state index contributed by atoms with van der Waals surface area (Å²) in [6, 6.07) is 16.8. The van der Waals surface area contributed by atoms with Crippen LogP contribution >= 0.6 is 0 Å². The zero-order chi connectivity index (χ0) is 19.5. The molecule has 5 nitrogen and oxygen atoms in total. The number of nitrogens with zero attached hydrogens (tertiary/aromatic N) is 4. The van der Waals surface area contributed by atoms with Gasteiger partial charge in [-0.25, -0.2) is 13.8 Å². The zero-order valence-corrected chi connectivity index (χ0v) is 15.9. The maximum absolute atomic E-state index is 13.5. The van der Waals surface area contributed by atoms with Gasteiger partial charge in [-0.15, -0.1) is 0 Å². The summed E-state index contributed by atoms with van der Waals surface area (Å²) in [6.07, 6.45) is 5.54. The molecule has 0 aliphatic rings. The molecule has 0 aliphatic heterocycles. The van der Waals surface area contributed by atoms with Crippen LogP contribution in [0.1, 0.15) is 29.8 Å². The number of hydrogen-bond acceptors (Lipinski definition) is 3. The summed E-state index contributed by atoms with van der Waals surface area (Å²) in [7, 11) is 0. The van der Waals surface area contributed by atoms with Crippen molar-refractivity contribution in [3.8, 4) is 11.4 Å². The lowest BCUT2D eigenvalue weighted by molar-refractivity contribution is 0.571. The van der Waals surface area contributed by atoms with E-state index in [9.17, 15) is 4.39 Å². The summed E-state index contributed by atoms with van der Waals surface area (Å²) >= 11 is 0. The van der Waals surface area contributed by atoms with E-state index in [0.29, 0.717) is 0 Å². The number of hydrogen-bond donors (Lipinski definition) is 1. The topological polar surface area (TPSA) is 47.7 Å². The predicted octanol–water partition coefficient (Wildman–Crippen LogP) is 4.36. The van der Waals surface area contributed by atoms with Gasteiger partial charge in [0.15, 0.2) is 0 Å². The van der Waals surface area contributed by atoms with Crippen LogP contribution in [0.4, 0.5) is 4.39 Å². The van der Waals surface area contributed by atoms with Gasteiger partial charge in [-0.05, 0) is 55.8 Å². The van der Waals surface area contributed by atoms with Crippen LogP contribution in [0.5, 0.6) is 0 Å². The van der Waals surface area contributed by atoms with E-state index >= 15 is 0 Å². The first-order chi connectivity index (χ1) is 13.6. The Morgan fingerprint density at radius 2 is 1.86 bits per heavy atom. The number of halogens is 1. The fourth-order valence-electron chi connectivity index (χ4n) is 3.28. The predicted molar refractivity (Wildman–Crippen MR) is 107 cm³/mol. The third-order valence-corrected chi connectivity index (χ3v) is 4.88. The molecule has 0 saturated heterocycles. The second kappa shape index (κ2) is 7.78. The molecule has 2 heterocycles. The first-order valence-electron chi connectivity index (χ1n) is 9.24. The molecule has 0 radical (unpaired) electrons. The van der Waals surface area contributed by atoms with Crippen LogP contribution in [0.3, 0.4) is 0 Å². The fourth-order valence-corrected chi connectivity index (χ4v) is 3.28. The Hall–Kier alpha value is -3.25. The molecule has 2 aromatic carbocycles. The van der Waals surface area contributed by atoms with E-state index in [4.69, 9.17) is 0 Å². The van der Waals surface area contributed by atoms with Gasteiger partial charge < -0.3 is 5.32 Å². The number of rotatable bonds is 6. The fraction of sp³-hybridized carbons (Fsp3) is 0.182. The highest BCUT2D eigenvalue weighted by Gasteiger charge is 2.14. The molecule has 1 atom stereocenters. The lowest BCUT2D eigenvalue weighted by Gasteiger charge is -2.14. The molecule has 0 unspecified atom stereocenters. The number of aromatic nitrogens is 4. The second-order valence-corrected chi connectivity index (χ2v) is 6.80. The highest BCUT2D eigenvalue weighted by Crippen LogP contribution is 2.21. The molecule has 0 fully saturated rings. The van der Waals surface area contributed by atoms with E-state index in [1.54, 1.807) is 16.9 Å². The molecule has 1 N–H and O–H groups in total. The van der Waals surface area contributed by atoms with Crippen LogP contribution in [0.2, 0.25) is 0 Å². The van der Waals surface area contributed by atoms with Crippen molar-refractivity contribution in [2.24, 2.45) is 0 Å². The van der Waals surface area contributed by atoms with Crippen molar-refractivity contribution < 1.29 is 4.39 Å². The first-order valence-corrected chi connectivity index (χ1v) is 9.24. The summed E-state index contributed by atoms with van der Waals surface area (Å²) in [5.41, 5.74) is 5.05. The van der Waals surface area contributed by atoms with Crippen molar-refractivity contribution in [1.82, 2.24) is 24.9 Å². The van der Waals surface area contributed by atoms with Gasteiger partial charge in [0.25, 0.3) is 0 Å². The van der Waals surface area contributed by atoms with Crippen LogP contribution < -0.4 is 5.32 Å². The quantitative estimate of drug-likeness (QED) is 0.545. The standard InChI is InChI=1S/C22H22FN5/c1-16(22-15-26-28(17(22)2)21-6-3-5-19(23)13-21)24-14-18-7-9-20(10-8-18)27-12-4-11-25-27/h3-13,15-16,24H,14H2,1-2H3/t16-/m1/s1. The van der Waals surface area contributed by atoms with E-state index in [-0.39, 0.29) is 11.9 Å². The summed E-state index contributed by atoms with van der Waals surface area (Å²) < 4.78 is 17.1. The lowest BCUT2D eigenvalue weighted by atomic mass is 10.1. The van der Waals surface area contributed by atoms with Gasteiger partial charge in [0.05, 0.1) is 17.6 Å². The SMILES string of the molecule is Cc1c([C@@H](C)NCc2ccc(-n3cccn3)cc2)cnn1-c1cccc(F)c1. The maximum Gasteiger partial charge on any atom is 0.125 e. The van der Waals surface area contributed by atoms with E-state index in [1.807, 2.05) is 36.1 Å². The molecular formula is C22H22FN5. The highest BCUT2D eigenvalue weighted by atomic mass is 19.1. The largest absolute Gasteiger partial charge is 0.306 e. The third kappa shape index (κ3) is 3.73. The smallest absolute Gasteiger partial charge is 0.125 e. The van der Waals surface area contributed by atoms with Crippen LogP contribution in [0.25, 0.3) is 11.4 Å². The lowest BCUT2D eigenvalue weighted by Crippen LogP contribution is -2.18. The normalized spacial score (nSPS) is 12.2. The van der Waals surface area contributed by atoms with Gasteiger partial charge in [-0.1, -0.05) is 18.2 Å². The molecule has 0 bridgehead atoms. The van der Waals surface area contributed by atoms with E-state index in [2.05, 4.69) is 46.7 Å². The van der Waals surface area contributed by atoms with Gasteiger partial charge in [-0.2, -0.15) is 10.2 Å².